The molecule has 2 aromatic rings. The normalized spacial score (nSPS) is 12.1. The van der Waals surface area contributed by atoms with Gasteiger partial charge in [-0.3, -0.25) is 9.67 Å². The van der Waals surface area contributed by atoms with Crippen LogP contribution in [0, 0.1) is 0 Å². The molecule has 0 aliphatic carbocycles. The Labute approximate surface area is 150 Å². The zero-order valence-electron chi connectivity index (χ0n) is 14.5. The summed E-state index contributed by atoms with van der Waals surface area (Å²) in [6, 6.07) is 8.34. The minimum Gasteiger partial charge on any atom is -0.484 e. The smallest absolute Gasteiger partial charge is 0.422 e. The van der Waals surface area contributed by atoms with Crippen molar-refractivity contribution in [3.63, 3.8) is 0 Å². The zero-order chi connectivity index (χ0) is 18.8. The SMILES string of the molecule is CN=C(NCCCn1cccn1)NCc1ccc(OCC(F)(F)F)cc1. The highest BCUT2D eigenvalue weighted by molar-refractivity contribution is 5.79. The van der Waals surface area contributed by atoms with E-state index in [1.807, 2.05) is 16.9 Å². The van der Waals surface area contributed by atoms with Crippen LogP contribution in [-0.4, -0.2) is 42.1 Å². The van der Waals surface area contributed by atoms with Crippen molar-refractivity contribution >= 4 is 5.96 Å². The second-order valence-corrected chi connectivity index (χ2v) is 5.52. The lowest BCUT2D eigenvalue weighted by Crippen LogP contribution is -2.37. The Morgan fingerprint density at radius 1 is 1.23 bits per heavy atom. The van der Waals surface area contributed by atoms with Crippen molar-refractivity contribution in [2.24, 2.45) is 4.99 Å². The van der Waals surface area contributed by atoms with Crippen molar-refractivity contribution in [1.82, 2.24) is 20.4 Å². The highest BCUT2D eigenvalue weighted by Crippen LogP contribution is 2.18. The number of alkyl halides is 3. The van der Waals surface area contributed by atoms with Gasteiger partial charge in [-0.15, -0.1) is 0 Å². The molecule has 142 valence electrons. The number of aromatic nitrogens is 2. The van der Waals surface area contributed by atoms with Gasteiger partial charge >= 0.3 is 6.18 Å². The van der Waals surface area contributed by atoms with Gasteiger partial charge in [0, 0.05) is 39.1 Å². The van der Waals surface area contributed by atoms with E-state index in [1.54, 1.807) is 25.4 Å². The zero-order valence-corrected chi connectivity index (χ0v) is 14.5. The number of ether oxygens (including phenoxy) is 1. The summed E-state index contributed by atoms with van der Waals surface area (Å²) in [4.78, 5) is 4.13. The molecule has 0 aliphatic rings. The lowest BCUT2D eigenvalue weighted by molar-refractivity contribution is -0.153. The minimum atomic E-state index is -4.34. The van der Waals surface area contributed by atoms with Crippen LogP contribution in [0.3, 0.4) is 0 Å². The standard InChI is InChI=1S/C17H22F3N5O/c1-21-16(22-8-2-10-25-11-3-9-24-25)23-12-14-4-6-15(7-5-14)26-13-17(18,19)20/h3-7,9,11H,2,8,10,12-13H2,1H3,(H2,21,22,23). The van der Waals surface area contributed by atoms with Crippen molar-refractivity contribution in [3.8, 4) is 5.75 Å². The third kappa shape index (κ3) is 7.45. The summed E-state index contributed by atoms with van der Waals surface area (Å²) in [6.45, 7) is 0.762. The Morgan fingerprint density at radius 3 is 2.62 bits per heavy atom. The molecule has 0 radical (unpaired) electrons. The lowest BCUT2D eigenvalue weighted by Gasteiger charge is -2.13. The molecule has 2 rings (SSSR count). The Morgan fingerprint density at radius 2 is 2.00 bits per heavy atom. The summed E-state index contributed by atoms with van der Waals surface area (Å²) in [5.41, 5.74) is 0.906. The Hall–Kier alpha value is -2.71. The summed E-state index contributed by atoms with van der Waals surface area (Å²) < 4.78 is 42.9. The molecule has 26 heavy (non-hydrogen) atoms. The molecule has 0 saturated heterocycles. The second kappa shape index (κ2) is 9.69. The van der Waals surface area contributed by atoms with E-state index in [1.165, 1.54) is 12.1 Å². The van der Waals surface area contributed by atoms with Gasteiger partial charge in [-0.05, 0) is 30.2 Å². The predicted molar refractivity (Wildman–Crippen MR) is 93.0 cm³/mol. The average Bonchev–Trinajstić information content (AvgIpc) is 3.13. The van der Waals surface area contributed by atoms with Crippen LogP contribution in [0.4, 0.5) is 13.2 Å². The van der Waals surface area contributed by atoms with Crippen LogP contribution in [0.25, 0.3) is 0 Å². The van der Waals surface area contributed by atoms with Crippen LogP contribution >= 0.6 is 0 Å². The number of aryl methyl sites for hydroxylation is 1. The molecule has 0 spiro atoms. The Bertz CT molecular complexity index is 669. The maximum absolute atomic E-state index is 12.1. The molecule has 0 amide bonds. The molecule has 0 unspecified atom stereocenters. The molecule has 9 heteroatoms. The largest absolute Gasteiger partial charge is 0.484 e. The molecule has 1 heterocycles. The summed E-state index contributed by atoms with van der Waals surface area (Å²) in [7, 11) is 1.68. The number of rotatable bonds is 8. The van der Waals surface area contributed by atoms with E-state index in [0.29, 0.717) is 12.5 Å². The van der Waals surface area contributed by atoms with E-state index >= 15 is 0 Å². The van der Waals surface area contributed by atoms with Gasteiger partial charge in [0.15, 0.2) is 12.6 Å². The molecule has 0 saturated carbocycles. The van der Waals surface area contributed by atoms with Crippen molar-refractivity contribution < 1.29 is 17.9 Å². The van der Waals surface area contributed by atoms with Gasteiger partial charge in [-0.2, -0.15) is 18.3 Å². The molecular formula is C17H22F3N5O. The van der Waals surface area contributed by atoms with Crippen molar-refractivity contribution in [2.45, 2.75) is 25.7 Å². The monoisotopic (exact) mass is 369 g/mol. The van der Waals surface area contributed by atoms with Crippen LogP contribution in [-0.2, 0) is 13.1 Å². The first kappa shape index (κ1) is 19.6. The van der Waals surface area contributed by atoms with Gasteiger partial charge in [0.1, 0.15) is 5.75 Å². The fraction of sp³-hybridized carbons (Fsp3) is 0.412. The lowest BCUT2D eigenvalue weighted by atomic mass is 10.2. The van der Waals surface area contributed by atoms with Gasteiger partial charge < -0.3 is 15.4 Å². The molecular weight excluding hydrogens is 347 g/mol. The Balaban J connectivity index is 1.68. The summed E-state index contributed by atoms with van der Waals surface area (Å²) >= 11 is 0. The number of halogens is 3. The van der Waals surface area contributed by atoms with Gasteiger partial charge in [-0.25, -0.2) is 0 Å². The molecule has 6 nitrogen and oxygen atoms in total. The maximum atomic E-state index is 12.1. The predicted octanol–water partition coefficient (Wildman–Crippen LogP) is 2.58. The van der Waals surface area contributed by atoms with Crippen LogP contribution in [0.1, 0.15) is 12.0 Å². The first-order valence-corrected chi connectivity index (χ1v) is 8.17. The maximum Gasteiger partial charge on any atom is 0.422 e. The van der Waals surface area contributed by atoms with E-state index in [0.717, 1.165) is 25.1 Å². The van der Waals surface area contributed by atoms with Crippen LogP contribution in [0.5, 0.6) is 5.75 Å². The van der Waals surface area contributed by atoms with Crippen molar-refractivity contribution in [1.29, 1.82) is 0 Å². The second-order valence-electron chi connectivity index (χ2n) is 5.52. The van der Waals surface area contributed by atoms with Gasteiger partial charge in [0.05, 0.1) is 0 Å². The van der Waals surface area contributed by atoms with E-state index in [4.69, 9.17) is 0 Å². The molecule has 0 atom stereocenters. The van der Waals surface area contributed by atoms with Crippen LogP contribution < -0.4 is 15.4 Å². The third-order valence-electron chi connectivity index (χ3n) is 3.43. The number of benzene rings is 1. The molecule has 0 bridgehead atoms. The minimum absolute atomic E-state index is 0.187. The van der Waals surface area contributed by atoms with Crippen LogP contribution in [0.15, 0.2) is 47.7 Å². The topological polar surface area (TPSA) is 63.5 Å². The van der Waals surface area contributed by atoms with E-state index in [2.05, 4.69) is 25.5 Å². The highest BCUT2D eigenvalue weighted by Gasteiger charge is 2.28. The van der Waals surface area contributed by atoms with Crippen molar-refractivity contribution in [2.75, 3.05) is 20.2 Å². The first-order chi connectivity index (χ1) is 12.5. The number of aliphatic imine (C=N–C) groups is 1. The van der Waals surface area contributed by atoms with Gasteiger partial charge in [0.2, 0.25) is 0 Å². The number of hydrogen-bond donors (Lipinski definition) is 2. The number of nitrogens with one attached hydrogen (secondary N) is 2. The number of guanidine groups is 1. The number of hydrogen-bond acceptors (Lipinski definition) is 3. The molecule has 0 fully saturated rings. The van der Waals surface area contributed by atoms with E-state index in [9.17, 15) is 13.2 Å². The fourth-order valence-corrected chi connectivity index (χ4v) is 2.16. The summed E-state index contributed by atoms with van der Waals surface area (Å²) in [5, 5.41) is 10.5. The average molecular weight is 369 g/mol. The summed E-state index contributed by atoms with van der Waals surface area (Å²) in [5.74, 6) is 0.843. The van der Waals surface area contributed by atoms with E-state index < -0.39 is 12.8 Å². The highest BCUT2D eigenvalue weighted by atomic mass is 19.4. The van der Waals surface area contributed by atoms with Crippen molar-refractivity contribution in [3.05, 3.63) is 48.3 Å². The van der Waals surface area contributed by atoms with E-state index in [-0.39, 0.29) is 5.75 Å². The number of nitrogens with zero attached hydrogens (tertiary/aromatic N) is 3. The molecule has 0 aliphatic heterocycles. The van der Waals surface area contributed by atoms with Gasteiger partial charge in [0.25, 0.3) is 0 Å². The first-order valence-electron chi connectivity index (χ1n) is 8.17. The molecule has 2 N–H and O–H groups in total. The fourth-order valence-electron chi connectivity index (χ4n) is 2.16. The quantitative estimate of drug-likeness (QED) is 0.427. The van der Waals surface area contributed by atoms with Gasteiger partial charge in [-0.1, -0.05) is 12.1 Å². The molecule has 1 aromatic carbocycles. The molecule has 1 aromatic heterocycles. The summed E-state index contributed by atoms with van der Waals surface area (Å²) in [6.07, 6.45) is 0.214. The van der Waals surface area contributed by atoms with Crippen LogP contribution in [0.2, 0.25) is 0 Å². The third-order valence-corrected chi connectivity index (χ3v) is 3.43. The Kier molecular flexibility index (Phi) is 7.31.